The minimum atomic E-state index is -4.78. The van der Waals surface area contributed by atoms with Gasteiger partial charge in [0.15, 0.2) is 11.6 Å². The predicted molar refractivity (Wildman–Crippen MR) is 167 cm³/mol. The standard InChI is InChI=1S/C34H33F5N4O2S/c1-21-25(16-26-27(34(37,38)39)8-4-9-28(26)35)33-43(32(44)30(21)24-7-3-10-29(45-2)31(24)36)23(20-46-33)19-42-14-12-41(13-15-42)18-22-6-5-11-40-17-22/h3-11,17,23H,12-16,18-20H2,1-2H3. The maximum Gasteiger partial charge on any atom is 0.416 e. The lowest BCUT2D eigenvalue weighted by atomic mass is 9.92. The number of piperazine rings is 1. The van der Waals surface area contributed by atoms with Crippen molar-refractivity contribution in [2.75, 3.05) is 45.6 Å². The Morgan fingerprint density at radius 3 is 2.41 bits per heavy atom. The molecule has 2 aromatic carbocycles. The highest BCUT2D eigenvalue weighted by molar-refractivity contribution is 7.99. The first-order valence-corrected chi connectivity index (χ1v) is 16.0. The molecule has 4 heterocycles. The second-order valence-corrected chi connectivity index (χ2v) is 12.6. The van der Waals surface area contributed by atoms with Gasteiger partial charge in [0, 0.05) is 75.0 Å². The third kappa shape index (κ3) is 6.30. The first-order valence-electron chi connectivity index (χ1n) is 15.0. The topological polar surface area (TPSA) is 50.6 Å². The Bertz CT molecular complexity index is 1790. The van der Waals surface area contributed by atoms with Gasteiger partial charge in [-0.15, -0.1) is 11.8 Å². The van der Waals surface area contributed by atoms with Gasteiger partial charge in [0.25, 0.3) is 5.56 Å². The summed E-state index contributed by atoms with van der Waals surface area (Å²) in [6.07, 6.45) is -1.59. The smallest absolute Gasteiger partial charge is 0.416 e. The van der Waals surface area contributed by atoms with Crippen LogP contribution in [0.1, 0.15) is 33.9 Å². The average Bonchev–Trinajstić information content (AvgIpc) is 3.45. The molecule has 6 rings (SSSR count). The van der Waals surface area contributed by atoms with Crippen LogP contribution in [-0.4, -0.2) is 64.9 Å². The molecular weight excluding hydrogens is 623 g/mol. The van der Waals surface area contributed by atoms with Crippen LogP contribution >= 0.6 is 11.8 Å². The molecule has 0 aliphatic carbocycles. The minimum absolute atomic E-state index is 0.0114. The highest BCUT2D eigenvalue weighted by Crippen LogP contribution is 2.42. The summed E-state index contributed by atoms with van der Waals surface area (Å²) in [5, 5.41) is 0.492. The molecule has 0 N–H and O–H groups in total. The minimum Gasteiger partial charge on any atom is -0.494 e. The van der Waals surface area contributed by atoms with Crippen LogP contribution in [0, 0.1) is 18.6 Å². The molecule has 242 valence electrons. The third-order valence-corrected chi connectivity index (χ3v) is 10.1. The van der Waals surface area contributed by atoms with Crippen LogP contribution in [0.15, 0.2) is 70.7 Å². The molecule has 6 nitrogen and oxygen atoms in total. The largest absolute Gasteiger partial charge is 0.494 e. The number of hydrogen-bond donors (Lipinski definition) is 0. The van der Waals surface area contributed by atoms with Crippen molar-refractivity contribution in [2.45, 2.75) is 37.1 Å². The first kappa shape index (κ1) is 32.2. The number of alkyl halides is 3. The van der Waals surface area contributed by atoms with Crippen molar-refractivity contribution in [2.24, 2.45) is 0 Å². The number of rotatable bonds is 8. The Balaban J connectivity index is 1.38. The lowest BCUT2D eigenvalue weighted by Gasteiger charge is -2.36. The Kier molecular flexibility index (Phi) is 9.22. The molecule has 1 unspecified atom stereocenters. The molecule has 4 aromatic rings. The monoisotopic (exact) mass is 656 g/mol. The van der Waals surface area contributed by atoms with Gasteiger partial charge in [-0.3, -0.25) is 24.1 Å². The molecular formula is C34H33F5N4O2S. The van der Waals surface area contributed by atoms with Gasteiger partial charge in [-0.2, -0.15) is 13.2 Å². The Morgan fingerprint density at radius 1 is 0.978 bits per heavy atom. The van der Waals surface area contributed by atoms with E-state index in [-0.39, 0.29) is 22.9 Å². The van der Waals surface area contributed by atoms with Crippen LogP contribution in [-0.2, 0) is 19.1 Å². The van der Waals surface area contributed by atoms with Crippen LogP contribution in [0.3, 0.4) is 0 Å². The van der Waals surface area contributed by atoms with E-state index in [2.05, 4.69) is 14.8 Å². The molecule has 1 saturated heterocycles. The van der Waals surface area contributed by atoms with Crippen LogP contribution in [0.2, 0.25) is 0 Å². The molecule has 0 bridgehead atoms. The van der Waals surface area contributed by atoms with Crippen LogP contribution < -0.4 is 10.3 Å². The molecule has 0 saturated carbocycles. The molecule has 0 spiro atoms. The van der Waals surface area contributed by atoms with Crippen molar-refractivity contribution in [3.8, 4) is 16.9 Å². The van der Waals surface area contributed by atoms with Crippen molar-refractivity contribution >= 4 is 11.8 Å². The molecule has 46 heavy (non-hydrogen) atoms. The maximum absolute atomic E-state index is 15.7. The SMILES string of the molecule is COc1cccc(-c2c(C)c(Cc3c(F)cccc3C(F)(F)F)c3n(c2=O)C(CN2CCN(Cc4cccnc4)CC2)CS3)c1F. The van der Waals surface area contributed by atoms with Crippen LogP contribution in [0.5, 0.6) is 5.75 Å². The van der Waals surface area contributed by atoms with Gasteiger partial charge >= 0.3 is 6.18 Å². The normalized spacial score (nSPS) is 17.3. The molecule has 2 aliphatic rings. The fourth-order valence-electron chi connectivity index (χ4n) is 6.45. The Labute approximate surface area is 267 Å². The predicted octanol–water partition coefficient (Wildman–Crippen LogP) is 6.58. The quantitative estimate of drug-likeness (QED) is 0.200. The number of thioether (sulfide) groups is 1. The summed E-state index contributed by atoms with van der Waals surface area (Å²) >= 11 is 1.37. The second-order valence-electron chi connectivity index (χ2n) is 11.6. The summed E-state index contributed by atoms with van der Waals surface area (Å²) in [5.74, 6) is -1.29. The van der Waals surface area contributed by atoms with Gasteiger partial charge in [0.1, 0.15) is 5.82 Å². The number of halogens is 5. The number of methoxy groups -OCH3 is 1. The number of benzene rings is 2. The maximum atomic E-state index is 15.7. The zero-order valence-corrected chi connectivity index (χ0v) is 26.2. The third-order valence-electron chi connectivity index (χ3n) is 8.81. The van der Waals surface area contributed by atoms with Crippen molar-refractivity contribution < 1.29 is 26.7 Å². The lowest BCUT2D eigenvalue weighted by Crippen LogP contribution is -2.48. The van der Waals surface area contributed by atoms with Crippen molar-refractivity contribution in [1.82, 2.24) is 19.4 Å². The van der Waals surface area contributed by atoms with E-state index in [0.29, 0.717) is 28.5 Å². The molecule has 1 fully saturated rings. The summed E-state index contributed by atoms with van der Waals surface area (Å²) in [6, 6.07) is 11.0. The summed E-state index contributed by atoms with van der Waals surface area (Å²) in [7, 11) is 1.32. The lowest BCUT2D eigenvalue weighted by molar-refractivity contribution is -0.138. The number of nitrogens with zero attached hydrogens (tertiary/aromatic N) is 4. The van der Waals surface area contributed by atoms with E-state index in [0.717, 1.165) is 56.5 Å². The summed E-state index contributed by atoms with van der Waals surface area (Å²) in [4.78, 5) is 23.1. The summed E-state index contributed by atoms with van der Waals surface area (Å²) in [6.45, 7) is 6.10. The highest BCUT2D eigenvalue weighted by atomic mass is 32.2. The molecule has 2 aromatic heterocycles. The van der Waals surface area contributed by atoms with E-state index in [1.165, 1.54) is 31.0 Å². The fraction of sp³-hybridized carbons (Fsp3) is 0.353. The van der Waals surface area contributed by atoms with E-state index >= 15 is 8.78 Å². The zero-order chi connectivity index (χ0) is 32.6. The van der Waals surface area contributed by atoms with Gasteiger partial charge in [0.2, 0.25) is 0 Å². The average molecular weight is 657 g/mol. The fourth-order valence-corrected chi connectivity index (χ4v) is 7.82. The Hall–Kier alpha value is -3.74. The van der Waals surface area contributed by atoms with E-state index in [9.17, 15) is 18.0 Å². The molecule has 0 radical (unpaired) electrons. The molecule has 1 atom stereocenters. The van der Waals surface area contributed by atoms with Gasteiger partial charge in [-0.25, -0.2) is 8.78 Å². The van der Waals surface area contributed by atoms with E-state index in [4.69, 9.17) is 4.74 Å². The molecule has 0 amide bonds. The van der Waals surface area contributed by atoms with Gasteiger partial charge in [-0.05, 0) is 47.9 Å². The second kappa shape index (κ2) is 13.2. The van der Waals surface area contributed by atoms with Crippen LogP contribution in [0.25, 0.3) is 11.1 Å². The van der Waals surface area contributed by atoms with Gasteiger partial charge in [0.05, 0.1) is 29.3 Å². The molecule has 12 heteroatoms. The number of hydrogen-bond acceptors (Lipinski definition) is 6. The van der Waals surface area contributed by atoms with Crippen LogP contribution in [0.4, 0.5) is 22.0 Å². The van der Waals surface area contributed by atoms with Gasteiger partial charge < -0.3 is 4.74 Å². The van der Waals surface area contributed by atoms with Crippen molar-refractivity contribution in [3.63, 3.8) is 0 Å². The van der Waals surface area contributed by atoms with Gasteiger partial charge in [-0.1, -0.05) is 24.3 Å². The van der Waals surface area contributed by atoms with Crippen molar-refractivity contribution in [3.05, 3.63) is 111 Å². The number of pyridine rings is 2. The highest BCUT2D eigenvalue weighted by Gasteiger charge is 2.37. The summed E-state index contributed by atoms with van der Waals surface area (Å²) < 4.78 is 79.6. The van der Waals surface area contributed by atoms with E-state index < -0.39 is 40.9 Å². The number of fused-ring (bicyclic) bond motifs is 1. The first-order chi connectivity index (χ1) is 22.1. The van der Waals surface area contributed by atoms with E-state index in [1.807, 2.05) is 18.3 Å². The van der Waals surface area contributed by atoms with Crippen molar-refractivity contribution in [1.29, 1.82) is 0 Å². The Morgan fingerprint density at radius 2 is 1.72 bits per heavy atom. The molecule has 2 aliphatic heterocycles. The number of aromatic nitrogens is 2. The van der Waals surface area contributed by atoms with E-state index in [1.54, 1.807) is 23.8 Å². The summed E-state index contributed by atoms with van der Waals surface area (Å²) in [5.41, 5.74) is -0.166. The number of ether oxygens (including phenoxy) is 1. The zero-order valence-electron chi connectivity index (χ0n) is 25.4.